The fraction of sp³-hybridized carbons (Fsp3) is 0.500. The summed E-state index contributed by atoms with van der Waals surface area (Å²) in [6, 6.07) is 10.2. The molecule has 3 heteroatoms. The van der Waals surface area contributed by atoms with Crippen molar-refractivity contribution in [3.05, 3.63) is 35.9 Å². The lowest BCUT2D eigenvalue weighted by atomic mass is 10.1. The van der Waals surface area contributed by atoms with Crippen molar-refractivity contribution < 1.29 is 9.53 Å². The number of hydrogen-bond acceptors (Lipinski definition) is 3. The van der Waals surface area contributed by atoms with E-state index in [0.29, 0.717) is 0 Å². The second-order valence-electron chi connectivity index (χ2n) is 5.10. The Morgan fingerprint density at radius 1 is 1.29 bits per heavy atom. The number of carbonyl (C=O) groups excluding carboxylic acids is 1. The summed E-state index contributed by atoms with van der Waals surface area (Å²) in [5.74, 6) is -0.222. The van der Waals surface area contributed by atoms with Crippen LogP contribution in [-0.4, -0.2) is 18.1 Å². The minimum absolute atomic E-state index is 0.142. The van der Waals surface area contributed by atoms with Gasteiger partial charge < -0.3 is 10.1 Å². The molecule has 1 atom stereocenters. The van der Waals surface area contributed by atoms with Gasteiger partial charge in [-0.2, -0.15) is 0 Å². The van der Waals surface area contributed by atoms with E-state index in [1.165, 1.54) is 0 Å². The second kappa shape index (κ2) is 5.82. The number of esters is 1. The summed E-state index contributed by atoms with van der Waals surface area (Å²) in [5, 5.41) is 3.15. The van der Waals surface area contributed by atoms with Gasteiger partial charge in [0, 0.05) is 6.04 Å². The summed E-state index contributed by atoms with van der Waals surface area (Å²) in [5.41, 5.74) is 0.741. The van der Waals surface area contributed by atoms with Gasteiger partial charge >= 0.3 is 5.97 Å². The highest BCUT2D eigenvalue weighted by Crippen LogP contribution is 2.11. The zero-order valence-corrected chi connectivity index (χ0v) is 11.0. The topological polar surface area (TPSA) is 38.3 Å². The fourth-order valence-electron chi connectivity index (χ4n) is 1.47. The number of hydrogen-bond donors (Lipinski definition) is 1. The number of benzene rings is 1. The van der Waals surface area contributed by atoms with Crippen molar-refractivity contribution in [1.29, 1.82) is 0 Å². The van der Waals surface area contributed by atoms with Gasteiger partial charge in [0.15, 0.2) is 0 Å². The van der Waals surface area contributed by atoms with Gasteiger partial charge in [-0.3, -0.25) is 4.79 Å². The highest BCUT2D eigenvalue weighted by atomic mass is 16.6. The molecule has 1 aromatic rings. The molecule has 0 amide bonds. The Kier molecular flexibility index (Phi) is 4.70. The smallest absolute Gasteiger partial charge is 0.320 e. The van der Waals surface area contributed by atoms with Crippen LogP contribution in [0.25, 0.3) is 0 Å². The molecule has 0 fully saturated rings. The molecule has 1 aromatic carbocycles. The molecule has 0 saturated heterocycles. The van der Waals surface area contributed by atoms with Crippen LogP contribution in [-0.2, 0) is 9.53 Å². The van der Waals surface area contributed by atoms with Crippen molar-refractivity contribution in [2.45, 2.75) is 39.3 Å². The molecule has 0 bridgehead atoms. The van der Waals surface area contributed by atoms with Crippen LogP contribution in [0.4, 0.5) is 0 Å². The average Bonchev–Trinajstić information content (AvgIpc) is 2.25. The standard InChI is InChI=1S/C14H21NO2/c1-11(12-8-6-5-7-9-12)15-10-13(16)17-14(2,3)4/h5-9,11,15H,10H2,1-4H3. The monoisotopic (exact) mass is 235 g/mol. The van der Waals surface area contributed by atoms with E-state index in [1.54, 1.807) is 0 Å². The maximum absolute atomic E-state index is 11.5. The van der Waals surface area contributed by atoms with Crippen LogP contribution in [0.1, 0.15) is 39.3 Å². The first-order valence-corrected chi connectivity index (χ1v) is 5.88. The summed E-state index contributed by atoms with van der Waals surface area (Å²) < 4.78 is 5.22. The number of nitrogens with one attached hydrogen (secondary N) is 1. The summed E-state index contributed by atoms with van der Waals surface area (Å²) in [6.45, 7) is 7.86. The largest absolute Gasteiger partial charge is 0.459 e. The molecule has 1 rings (SSSR count). The number of rotatable bonds is 4. The summed E-state index contributed by atoms with van der Waals surface area (Å²) in [4.78, 5) is 11.5. The van der Waals surface area contributed by atoms with Crippen molar-refractivity contribution in [3.63, 3.8) is 0 Å². The maximum Gasteiger partial charge on any atom is 0.320 e. The van der Waals surface area contributed by atoms with Crippen LogP contribution in [0.15, 0.2) is 30.3 Å². The molecule has 0 aromatic heterocycles. The third-order valence-electron chi connectivity index (χ3n) is 2.27. The number of carbonyl (C=O) groups is 1. The molecule has 3 nitrogen and oxygen atoms in total. The third-order valence-corrected chi connectivity index (χ3v) is 2.27. The first kappa shape index (κ1) is 13.7. The van der Waals surface area contributed by atoms with Crippen molar-refractivity contribution in [3.8, 4) is 0 Å². The molecule has 0 saturated carbocycles. The molecular weight excluding hydrogens is 214 g/mol. The minimum Gasteiger partial charge on any atom is -0.459 e. The van der Waals surface area contributed by atoms with Gasteiger partial charge in [-0.25, -0.2) is 0 Å². The number of ether oxygens (including phenoxy) is 1. The normalized spacial score (nSPS) is 13.2. The van der Waals surface area contributed by atoms with Crippen LogP contribution >= 0.6 is 0 Å². The molecule has 0 spiro atoms. The van der Waals surface area contributed by atoms with Gasteiger partial charge in [0.1, 0.15) is 5.60 Å². The van der Waals surface area contributed by atoms with E-state index in [9.17, 15) is 4.79 Å². The molecule has 0 radical (unpaired) electrons. The predicted octanol–water partition coefficient (Wildman–Crippen LogP) is 2.68. The quantitative estimate of drug-likeness (QED) is 0.815. The fourth-order valence-corrected chi connectivity index (χ4v) is 1.47. The van der Waals surface area contributed by atoms with Crippen molar-refractivity contribution >= 4 is 5.97 Å². The van der Waals surface area contributed by atoms with Crippen LogP contribution in [0.2, 0.25) is 0 Å². The highest BCUT2D eigenvalue weighted by molar-refractivity contribution is 5.72. The SMILES string of the molecule is CC(NCC(=O)OC(C)(C)C)c1ccccc1. The highest BCUT2D eigenvalue weighted by Gasteiger charge is 2.16. The summed E-state index contributed by atoms with van der Waals surface area (Å²) in [7, 11) is 0. The molecule has 94 valence electrons. The Morgan fingerprint density at radius 2 is 1.88 bits per heavy atom. The second-order valence-corrected chi connectivity index (χ2v) is 5.10. The lowest BCUT2D eigenvalue weighted by molar-refractivity contribution is -0.153. The summed E-state index contributed by atoms with van der Waals surface area (Å²) >= 11 is 0. The zero-order chi connectivity index (χ0) is 12.9. The van der Waals surface area contributed by atoms with Crippen LogP contribution < -0.4 is 5.32 Å². The van der Waals surface area contributed by atoms with E-state index in [0.717, 1.165) is 5.56 Å². The van der Waals surface area contributed by atoms with Gasteiger partial charge in [-0.05, 0) is 33.3 Å². The van der Waals surface area contributed by atoms with Crippen molar-refractivity contribution in [2.75, 3.05) is 6.54 Å². The van der Waals surface area contributed by atoms with E-state index in [4.69, 9.17) is 4.74 Å². The van der Waals surface area contributed by atoms with Gasteiger partial charge in [-0.15, -0.1) is 0 Å². The maximum atomic E-state index is 11.5. The Balaban J connectivity index is 2.39. The Labute approximate surface area is 103 Å². The molecule has 1 N–H and O–H groups in total. The van der Waals surface area contributed by atoms with Crippen LogP contribution in [0.3, 0.4) is 0 Å². The van der Waals surface area contributed by atoms with E-state index in [2.05, 4.69) is 5.32 Å². The van der Waals surface area contributed by atoms with Gasteiger partial charge in [0.25, 0.3) is 0 Å². The lowest BCUT2D eigenvalue weighted by Crippen LogP contribution is -2.32. The Bertz CT molecular complexity index is 354. The molecule has 0 aliphatic heterocycles. The van der Waals surface area contributed by atoms with Crippen molar-refractivity contribution in [1.82, 2.24) is 5.32 Å². The zero-order valence-electron chi connectivity index (χ0n) is 11.0. The predicted molar refractivity (Wildman–Crippen MR) is 68.7 cm³/mol. The van der Waals surface area contributed by atoms with Crippen LogP contribution in [0, 0.1) is 0 Å². The Hall–Kier alpha value is -1.35. The molecular formula is C14H21NO2. The van der Waals surface area contributed by atoms with E-state index < -0.39 is 5.60 Å². The first-order valence-electron chi connectivity index (χ1n) is 5.88. The molecule has 0 aliphatic carbocycles. The van der Waals surface area contributed by atoms with Crippen LogP contribution in [0.5, 0.6) is 0 Å². The molecule has 0 heterocycles. The summed E-state index contributed by atoms with van der Waals surface area (Å²) in [6.07, 6.45) is 0. The molecule has 17 heavy (non-hydrogen) atoms. The van der Waals surface area contributed by atoms with Gasteiger partial charge in [0.05, 0.1) is 6.54 Å². The van der Waals surface area contributed by atoms with Gasteiger partial charge in [-0.1, -0.05) is 30.3 Å². The molecule has 0 aliphatic rings. The Morgan fingerprint density at radius 3 is 2.41 bits per heavy atom. The first-order chi connectivity index (χ1) is 7.88. The third kappa shape index (κ3) is 5.50. The average molecular weight is 235 g/mol. The lowest BCUT2D eigenvalue weighted by Gasteiger charge is -2.20. The molecule has 1 unspecified atom stereocenters. The minimum atomic E-state index is -0.422. The van der Waals surface area contributed by atoms with Crippen molar-refractivity contribution in [2.24, 2.45) is 0 Å². The van der Waals surface area contributed by atoms with Gasteiger partial charge in [0.2, 0.25) is 0 Å². The van der Waals surface area contributed by atoms with E-state index >= 15 is 0 Å². The van der Waals surface area contributed by atoms with E-state index in [-0.39, 0.29) is 18.6 Å². The van der Waals surface area contributed by atoms with E-state index in [1.807, 2.05) is 58.0 Å².